The third kappa shape index (κ3) is 5.51. The monoisotopic (exact) mass is 417 g/mol. The molecular weight excluding hydrogens is 390 g/mol. The molecule has 156 valence electrons. The zero-order chi connectivity index (χ0) is 22.1. The van der Waals surface area contributed by atoms with Crippen LogP contribution in [0.25, 0.3) is 0 Å². The smallest absolute Gasteiger partial charge is 0.257 e. The predicted molar refractivity (Wildman–Crippen MR) is 122 cm³/mol. The summed E-state index contributed by atoms with van der Waals surface area (Å²) in [4.78, 5) is 38.2. The molecule has 1 amide bonds. The Kier molecular flexibility index (Phi) is 9.21. The minimum absolute atomic E-state index is 0.0591. The summed E-state index contributed by atoms with van der Waals surface area (Å²) in [6, 6.07) is 4.58. The molecule has 0 fully saturated rings. The average molecular weight is 418 g/mol. The first-order valence-electron chi connectivity index (χ1n) is 9.05. The van der Waals surface area contributed by atoms with Gasteiger partial charge in [-0.1, -0.05) is 38.6 Å². The van der Waals surface area contributed by atoms with E-state index in [4.69, 9.17) is 0 Å². The molecule has 0 spiro atoms. The Labute approximate surface area is 174 Å². The molecule has 3 N–H and O–H groups in total. The van der Waals surface area contributed by atoms with Gasteiger partial charge in [0, 0.05) is 25.5 Å². The molecule has 2 aromatic carbocycles. The van der Waals surface area contributed by atoms with Crippen molar-refractivity contribution < 1.29 is 9.90 Å². The van der Waals surface area contributed by atoms with Crippen molar-refractivity contribution in [1.29, 1.82) is 0 Å². The zero-order valence-corrected chi connectivity index (χ0v) is 18.1. The van der Waals surface area contributed by atoms with Gasteiger partial charge in [0.2, 0.25) is 0 Å². The van der Waals surface area contributed by atoms with E-state index in [1.807, 2.05) is 20.1 Å². The van der Waals surface area contributed by atoms with E-state index >= 15 is 0 Å². The highest BCUT2D eigenvalue weighted by atomic mass is 32.2. The van der Waals surface area contributed by atoms with Crippen LogP contribution in [0.5, 0.6) is 5.75 Å². The predicted octanol–water partition coefficient (Wildman–Crippen LogP) is 3.30. The lowest BCUT2D eigenvalue weighted by molar-refractivity contribution is 0.0824. The van der Waals surface area contributed by atoms with Crippen LogP contribution >= 0.6 is 11.8 Å². The van der Waals surface area contributed by atoms with Gasteiger partial charge in [-0.25, -0.2) is 0 Å². The van der Waals surface area contributed by atoms with E-state index in [9.17, 15) is 19.5 Å². The summed E-state index contributed by atoms with van der Waals surface area (Å²) >= 11 is 1.49. The number of nitrogens with zero attached hydrogens (tertiary/aromatic N) is 1. The van der Waals surface area contributed by atoms with Gasteiger partial charge in [-0.05, 0) is 18.4 Å². The number of phenolic OH excluding ortho intramolecular Hbond substituents is 1. The summed E-state index contributed by atoms with van der Waals surface area (Å²) in [5.74, 6) is -0.662. The minimum atomic E-state index is -0.681. The van der Waals surface area contributed by atoms with Crippen LogP contribution in [0.4, 0.5) is 17.1 Å². The molecule has 29 heavy (non-hydrogen) atoms. The molecule has 0 saturated carbocycles. The van der Waals surface area contributed by atoms with Gasteiger partial charge >= 0.3 is 0 Å². The number of nitrogens with one attached hydrogen (secondary N) is 2. The van der Waals surface area contributed by atoms with Gasteiger partial charge in [0.25, 0.3) is 16.8 Å². The van der Waals surface area contributed by atoms with Gasteiger partial charge in [-0.3, -0.25) is 14.4 Å². The van der Waals surface area contributed by atoms with Crippen molar-refractivity contribution in [3.05, 3.63) is 67.8 Å². The third-order valence-electron chi connectivity index (χ3n) is 3.85. The molecule has 0 bridgehead atoms. The number of aromatic hydroxyl groups is 1. The number of benzene rings is 1. The number of hydrogen-bond acceptors (Lipinski definition) is 7. The Hall–Kier alpha value is -3.00. The third-order valence-corrected chi connectivity index (χ3v) is 4.65. The van der Waals surface area contributed by atoms with E-state index in [2.05, 4.69) is 17.2 Å². The topological polar surface area (TPSA) is 98.7 Å². The van der Waals surface area contributed by atoms with Crippen LogP contribution in [0, 0.1) is 0 Å². The lowest BCUT2D eigenvalue weighted by Gasteiger charge is -2.18. The number of phenols is 1. The van der Waals surface area contributed by atoms with E-state index in [1.165, 1.54) is 28.8 Å². The van der Waals surface area contributed by atoms with Gasteiger partial charge < -0.3 is 20.6 Å². The second-order valence-electron chi connectivity index (χ2n) is 5.86. The van der Waals surface area contributed by atoms with Gasteiger partial charge in [-0.15, -0.1) is 11.8 Å². The normalized spacial score (nSPS) is 10.7. The van der Waals surface area contributed by atoms with Gasteiger partial charge in [0.1, 0.15) is 11.4 Å². The van der Waals surface area contributed by atoms with Crippen LogP contribution < -0.4 is 21.5 Å². The van der Waals surface area contributed by atoms with E-state index < -0.39 is 10.9 Å². The first kappa shape index (κ1) is 24.0. The van der Waals surface area contributed by atoms with Crippen molar-refractivity contribution in [3.8, 4) is 5.75 Å². The Morgan fingerprint density at radius 2 is 1.83 bits per heavy atom. The highest BCUT2D eigenvalue weighted by Crippen LogP contribution is 2.32. The van der Waals surface area contributed by atoms with Crippen LogP contribution in [-0.2, 0) is 0 Å². The molecular formula is C21H27N3O4S. The molecule has 0 aromatic heterocycles. The molecule has 7 nitrogen and oxygen atoms in total. The number of allylic oxidation sites excluding steroid dienone is 2. The molecule has 0 aliphatic heterocycles. The Morgan fingerprint density at radius 3 is 2.38 bits per heavy atom. The number of amides is 1. The number of hydrogen-bond donors (Lipinski definition) is 3. The maximum atomic E-state index is 12.1. The molecule has 0 aliphatic rings. The summed E-state index contributed by atoms with van der Waals surface area (Å²) in [5, 5.41) is 16.1. The van der Waals surface area contributed by atoms with Crippen LogP contribution in [0.2, 0.25) is 0 Å². The fraction of sp³-hybridized carbons (Fsp3) is 0.286. The van der Waals surface area contributed by atoms with Crippen LogP contribution in [0.15, 0.2) is 51.4 Å². The van der Waals surface area contributed by atoms with Gasteiger partial charge in [0.15, 0.2) is 5.75 Å². The van der Waals surface area contributed by atoms with E-state index in [-0.39, 0.29) is 34.3 Å². The van der Waals surface area contributed by atoms with Gasteiger partial charge in [0.05, 0.1) is 11.3 Å². The molecule has 0 atom stereocenters. The van der Waals surface area contributed by atoms with Crippen molar-refractivity contribution in [3.63, 3.8) is 0 Å². The summed E-state index contributed by atoms with van der Waals surface area (Å²) in [5.41, 5.74) is -0.839. The van der Waals surface area contributed by atoms with Crippen LogP contribution in [0.3, 0.4) is 0 Å². The Bertz CT molecular complexity index is 973. The fourth-order valence-corrected chi connectivity index (χ4v) is 2.83. The van der Waals surface area contributed by atoms with Gasteiger partial charge in [-0.2, -0.15) is 0 Å². The first-order chi connectivity index (χ1) is 13.8. The summed E-state index contributed by atoms with van der Waals surface area (Å²) in [6.45, 7) is 7.99. The second-order valence-corrected chi connectivity index (χ2v) is 6.79. The van der Waals surface area contributed by atoms with Crippen LogP contribution in [0.1, 0.15) is 24.2 Å². The molecule has 0 aliphatic carbocycles. The van der Waals surface area contributed by atoms with Crippen molar-refractivity contribution in [2.45, 2.75) is 13.8 Å². The van der Waals surface area contributed by atoms with Crippen molar-refractivity contribution in [1.82, 2.24) is 4.90 Å². The number of rotatable bonds is 8. The SMILES string of the molecule is C=C/C=C(/CNc1c(Nc2cccc(C(=O)N(C)C)c2O)c(=O)c1=O)SC.CC. The second kappa shape index (κ2) is 11.1. The maximum Gasteiger partial charge on any atom is 0.257 e. The number of para-hydroxylation sites is 1. The highest BCUT2D eigenvalue weighted by molar-refractivity contribution is 8.02. The lowest BCUT2D eigenvalue weighted by atomic mass is 10.1. The standard InChI is InChI=1S/C19H21N3O4S.C2H6/c1-5-7-11(27-4)10-20-14-15(18(25)17(14)24)21-13-9-6-8-12(16(13)23)19(26)22(2)3;1-2/h5-9,20-21,23H,1,10H2,2-4H3;1-2H3/b11-7-;. The summed E-state index contributed by atoms with van der Waals surface area (Å²) in [6.07, 6.45) is 5.34. The maximum absolute atomic E-state index is 12.1. The van der Waals surface area contributed by atoms with Crippen LogP contribution in [-0.4, -0.2) is 42.8 Å². The summed E-state index contributed by atoms with van der Waals surface area (Å²) < 4.78 is 0. The fourth-order valence-electron chi connectivity index (χ4n) is 2.38. The Morgan fingerprint density at radius 1 is 1.21 bits per heavy atom. The zero-order valence-electron chi connectivity index (χ0n) is 17.3. The largest absolute Gasteiger partial charge is 0.505 e. The molecule has 0 saturated heterocycles. The van der Waals surface area contributed by atoms with Crippen molar-refractivity contribution >= 4 is 34.7 Å². The first-order valence-corrected chi connectivity index (χ1v) is 10.3. The van der Waals surface area contributed by atoms with Crippen molar-refractivity contribution in [2.24, 2.45) is 0 Å². The molecule has 0 radical (unpaired) electrons. The number of anilines is 3. The number of thioether (sulfide) groups is 1. The quantitative estimate of drug-likeness (QED) is 0.344. The average Bonchev–Trinajstić information content (AvgIpc) is 2.73. The number of carbonyl (C=O) groups is 1. The van der Waals surface area contributed by atoms with Crippen molar-refractivity contribution in [2.75, 3.05) is 37.5 Å². The highest BCUT2D eigenvalue weighted by Gasteiger charge is 2.23. The van der Waals surface area contributed by atoms with E-state index in [0.29, 0.717) is 6.54 Å². The molecule has 2 aromatic rings. The molecule has 2 rings (SSSR count). The van der Waals surface area contributed by atoms with E-state index in [1.54, 1.807) is 32.3 Å². The summed E-state index contributed by atoms with van der Waals surface area (Å²) in [7, 11) is 3.14. The Balaban J connectivity index is 0.00000204. The number of carbonyl (C=O) groups excluding carboxylic acids is 1. The molecule has 0 heterocycles. The lowest BCUT2D eigenvalue weighted by Crippen LogP contribution is -2.37. The minimum Gasteiger partial charge on any atom is -0.505 e. The van der Waals surface area contributed by atoms with E-state index in [0.717, 1.165) is 4.91 Å². The molecule has 8 heteroatoms. The molecule has 0 unspecified atom stereocenters.